The zero-order chi connectivity index (χ0) is 20.8. The van der Waals surface area contributed by atoms with E-state index in [1.807, 2.05) is 42.1 Å². The van der Waals surface area contributed by atoms with Crippen molar-refractivity contribution in [2.24, 2.45) is 7.05 Å². The molecule has 0 aliphatic heterocycles. The fourth-order valence-electron chi connectivity index (χ4n) is 3.00. The minimum Gasteiger partial charge on any atom is -0.496 e. The van der Waals surface area contributed by atoms with Gasteiger partial charge in [0.15, 0.2) is 12.4 Å². The summed E-state index contributed by atoms with van der Waals surface area (Å²) in [5.74, 6) is 1.39. The number of Topliss-reactive ketones (excluding diaryl/α,β-unsaturated/α-hetero) is 1. The molecule has 7 heteroatoms. The molecule has 0 aliphatic rings. The van der Waals surface area contributed by atoms with E-state index >= 15 is 0 Å². The van der Waals surface area contributed by atoms with E-state index < -0.39 is 6.04 Å². The number of hydrogen-bond acceptors (Lipinski definition) is 5. The first-order chi connectivity index (χ1) is 14.0. The number of amides is 1. The van der Waals surface area contributed by atoms with Crippen molar-refractivity contribution in [1.29, 1.82) is 0 Å². The minimum absolute atomic E-state index is 0.0640. The summed E-state index contributed by atoms with van der Waals surface area (Å²) in [6.45, 7) is 1.29. The summed E-state index contributed by atoms with van der Waals surface area (Å²) in [6, 6.07) is 13.7. The summed E-state index contributed by atoms with van der Waals surface area (Å²) < 4.78 is 12.9. The Morgan fingerprint density at radius 3 is 2.66 bits per heavy atom. The number of aromatic nitrogens is 2. The minimum atomic E-state index is -0.509. The van der Waals surface area contributed by atoms with E-state index in [0.29, 0.717) is 22.9 Å². The lowest BCUT2D eigenvalue weighted by Crippen LogP contribution is -2.34. The number of nitrogens with zero attached hydrogens (tertiary/aromatic N) is 2. The van der Waals surface area contributed by atoms with Gasteiger partial charge in [0, 0.05) is 30.6 Å². The Balaban J connectivity index is 1.78. The number of methoxy groups -OCH3 is 1. The number of carbonyl (C=O) groups is 2. The first-order valence-corrected chi connectivity index (χ1v) is 9.13. The zero-order valence-corrected chi connectivity index (χ0v) is 16.6. The third kappa shape index (κ3) is 4.82. The molecule has 1 unspecified atom stereocenters. The summed E-state index contributed by atoms with van der Waals surface area (Å²) in [5.41, 5.74) is 1.32. The maximum Gasteiger partial charge on any atom is 0.258 e. The van der Waals surface area contributed by atoms with Gasteiger partial charge in [-0.25, -0.2) is 4.98 Å². The topological polar surface area (TPSA) is 82.4 Å². The van der Waals surface area contributed by atoms with Crippen LogP contribution in [0.2, 0.25) is 0 Å². The number of hydrogen-bond donors (Lipinski definition) is 1. The molecule has 2 aromatic carbocycles. The molecule has 3 aromatic rings. The van der Waals surface area contributed by atoms with Gasteiger partial charge in [-0.15, -0.1) is 0 Å². The zero-order valence-electron chi connectivity index (χ0n) is 16.6. The third-order valence-corrected chi connectivity index (χ3v) is 4.48. The molecule has 3 rings (SSSR count). The Labute approximate surface area is 169 Å². The van der Waals surface area contributed by atoms with Gasteiger partial charge in [0.05, 0.1) is 7.11 Å². The molecule has 0 saturated carbocycles. The van der Waals surface area contributed by atoms with Crippen molar-refractivity contribution in [2.45, 2.75) is 13.0 Å². The van der Waals surface area contributed by atoms with E-state index in [4.69, 9.17) is 9.47 Å². The summed E-state index contributed by atoms with van der Waals surface area (Å²) in [5, 5.41) is 2.96. The van der Waals surface area contributed by atoms with Crippen LogP contribution in [0.15, 0.2) is 60.9 Å². The molecule has 0 bridgehead atoms. The second kappa shape index (κ2) is 9.05. The van der Waals surface area contributed by atoms with Gasteiger partial charge in [0.1, 0.15) is 23.4 Å². The summed E-state index contributed by atoms with van der Waals surface area (Å²) in [6.07, 6.45) is 3.49. The maximum atomic E-state index is 12.6. The van der Waals surface area contributed by atoms with Gasteiger partial charge < -0.3 is 19.4 Å². The van der Waals surface area contributed by atoms with Gasteiger partial charge in [-0.2, -0.15) is 0 Å². The Morgan fingerprint density at radius 2 is 1.97 bits per heavy atom. The molecule has 1 N–H and O–H groups in total. The molecule has 29 heavy (non-hydrogen) atoms. The summed E-state index contributed by atoms with van der Waals surface area (Å²) >= 11 is 0. The molecule has 1 amide bonds. The van der Waals surface area contributed by atoms with Gasteiger partial charge in [-0.05, 0) is 25.1 Å². The summed E-state index contributed by atoms with van der Waals surface area (Å²) in [4.78, 5) is 28.5. The van der Waals surface area contributed by atoms with Gasteiger partial charge in [-0.3, -0.25) is 9.59 Å². The number of para-hydroxylation sites is 1. The molecule has 0 fully saturated rings. The molecular weight excluding hydrogens is 370 g/mol. The Morgan fingerprint density at radius 1 is 1.17 bits per heavy atom. The molecule has 0 radical (unpaired) electrons. The van der Waals surface area contributed by atoms with Gasteiger partial charge in [-0.1, -0.05) is 30.3 Å². The van der Waals surface area contributed by atoms with Crippen molar-refractivity contribution >= 4 is 11.7 Å². The molecular formula is C22H23N3O4. The Hall–Kier alpha value is -3.61. The first-order valence-electron chi connectivity index (χ1n) is 9.13. The molecule has 7 nitrogen and oxygen atoms in total. The van der Waals surface area contributed by atoms with E-state index in [9.17, 15) is 9.59 Å². The number of nitrogens with one attached hydrogen (secondary N) is 1. The van der Waals surface area contributed by atoms with Crippen molar-refractivity contribution in [1.82, 2.24) is 14.9 Å². The van der Waals surface area contributed by atoms with E-state index in [-0.39, 0.29) is 18.3 Å². The van der Waals surface area contributed by atoms with Crippen LogP contribution in [-0.4, -0.2) is 35.0 Å². The van der Waals surface area contributed by atoms with Gasteiger partial charge in [0.25, 0.3) is 5.91 Å². The van der Waals surface area contributed by atoms with Crippen LogP contribution in [0.4, 0.5) is 0 Å². The largest absolute Gasteiger partial charge is 0.496 e. The predicted octanol–water partition coefficient (Wildman–Crippen LogP) is 2.92. The highest BCUT2D eigenvalue weighted by molar-refractivity contribution is 5.94. The van der Waals surface area contributed by atoms with Crippen LogP contribution in [0.3, 0.4) is 0 Å². The maximum absolute atomic E-state index is 12.6. The average Bonchev–Trinajstić information content (AvgIpc) is 3.16. The van der Waals surface area contributed by atoms with E-state index in [1.165, 1.54) is 6.92 Å². The molecule has 0 aliphatic carbocycles. The average molecular weight is 393 g/mol. The Kier molecular flexibility index (Phi) is 6.29. The number of imidazole rings is 1. The molecule has 0 saturated heterocycles. The van der Waals surface area contributed by atoms with Crippen LogP contribution in [0.1, 0.15) is 34.7 Å². The second-order valence-corrected chi connectivity index (χ2v) is 6.51. The van der Waals surface area contributed by atoms with Crippen LogP contribution in [0.5, 0.6) is 11.5 Å². The van der Waals surface area contributed by atoms with Crippen molar-refractivity contribution in [2.75, 3.05) is 13.7 Å². The lowest BCUT2D eigenvalue weighted by molar-refractivity contribution is -0.123. The first kappa shape index (κ1) is 20.1. The smallest absolute Gasteiger partial charge is 0.258 e. The number of rotatable bonds is 8. The van der Waals surface area contributed by atoms with Crippen LogP contribution >= 0.6 is 0 Å². The van der Waals surface area contributed by atoms with E-state index in [0.717, 1.165) is 5.56 Å². The highest BCUT2D eigenvalue weighted by Crippen LogP contribution is 2.29. The lowest BCUT2D eigenvalue weighted by Gasteiger charge is -2.21. The standard InChI is InChI=1S/C22H23N3O4/c1-15(26)16-7-6-8-17(13-16)29-14-20(27)24-21(22-23-11-12-25(22)2)18-9-4-5-10-19(18)28-3/h4-13,21H,14H2,1-3H3,(H,24,27). The summed E-state index contributed by atoms with van der Waals surface area (Å²) in [7, 11) is 3.45. The van der Waals surface area contributed by atoms with Crippen LogP contribution in [0.25, 0.3) is 0 Å². The van der Waals surface area contributed by atoms with Crippen LogP contribution in [-0.2, 0) is 11.8 Å². The molecule has 0 spiro atoms. The monoisotopic (exact) mass is 393 g/mol. The second-order valence-electron chi connectivity index (χ2n) is 6.51. The third-order valence-electron chi connectivity index (χ3n) is 4.48. The highest BCUT2D eigenvalue weighted by atomic mass is 16.5. The number of carbonyl (C=O) groups excluding carboxylic acids is 2. The van der Waals surface area contributed by atoms with Crippen LogP contribution < -0.4 is 14.8 Å². The number of ketones is 1. The number of ether oxygens (including phenoxy) is 2. The molecule has 150 valence electrons. The molecule has 1 heterocycles. The predicted molar refractivity (Wildman–Crippen MR) is 108 cm³/mol. The van der Waals surface area contributed by atoms with Crippen molar-refractivity contribution in [3.63, 3.8) is 0 Å². The Bertz CT molecular complexity index is 1010. The SMILES string of the molecule is COc1ccccc1C(NC(=O)COc1cccc(C(C)=O)c1)c1nccn1C. The number of benzene rings is 2. The molecule has 1 atom stereocenters. The lowest BCUT2D eigenvalue weighted by atomic mass is 10.0. The van der Waals surface area contributed by atoms with E-state index in [1.54, 1.807) is 37.6 Å². The fraction of sp³-hybridized carbons (Fsp3) is 0.227. The highest BCUT2D eigenvalue weighted by Gasteiger charge is 2.24. The van der Waals surface area contributed by atoms with Gasteiger partial charge in [0.2, 0.25) is 0 Å². The van der Waals surface area contributed by atoms with Crippen LogP contribution in [0, 0.1) is 0 Å². The van der Waals surface area contributed by atoms with Crippen molar-refractivity contribution in [3.8, 4) is 11.5 Å². The van der Waals surface area contributed by atoms with Crippen molar-refractivity contribution < 1.29 is 19.1 Å². The van der Waals surface area contributed by atoms with Crippen molar-refractivity contribution in [3.05, 3.63) is 77.9 Å². The quantitative estimate of drug-likeness (QED) is 0.595. The number of aryl methyl sites for hydroxylation is 1. The normalized spacial score (nSPS) is 11.6. The fourth-order valence-corrected chi connectivity index (χ4v) is 3.00. The van der Waals surface area contributed by atoms with Gasteiger partial charge >= 0.3 is 0 Å². The van der Waals surface area contributed by atoms with E-state index in [2.05, 4.69) is 10.3 Å². The molecule has 1 aromatic heterocycles.